The van der Waals surface area contributed by atoms with Gasteiger partial charge in [0, 0.05) is 19.6 Å². The third-order valence-corrected chi connectivity index (χ3v) is 7.04. The number of hydrogen-bond donors (Lipinski definition) is 4. The number of carbonyl (C=O) groups is 2. The van der Waals surface area contributed by atoms with Crippen LogP contribution in [0.1, 0.15) is 47.2 Å². The maximum absolute atomic E-state index is 12.6. The average Bonchev–Trinajstić information content (AvgIpc) is 3.42. The van der Waals surface area contributed by atoms with Crippen LogP contribution in [-0.2, 0) is 46.6 Å². The Hall–Kier alpha value is -4.10. The summed E-state index contributed by atoms with van der Waals surface area (Å²) in [6.45, 7) is 2.63. The summed E-state index contributed by atoms with van der Waals surface area (Å²) in [7, 11) is 0. The fraction of sp³-hybridized carbons (Fsp3) is 0.333. The van der Waals surface area contributed by atoms with Gasteiger partial charge in [-0.25, -0.2) is 0 Å². The number of ether oxygens (including phenoxy) is 1. The Morgan fingerprint density at radius 1 is 0.833 bits per heavy atom. The molecule has 2 heterocycles. The number of aliphatic hydroxyl groups excluding tert-OH is 1. The molecule has 0 saturated heterocycles. The number of anilines is 2. The molecule has 4 rings (SSSR count). The van der Waals surface area contributed by atoms with E-state index in [0.29, 0.717) is 24.1 Å². The zero-order valence-corrected chi connectivity index (χ0v) is 24.3. The van der Waals surface area contributed by atoms with Crippen LogP contribution in [0.5, 0.6) is 0 Å². The summed E-state index contributed by atoms with van der Waals surface area (Å²) in [5, 5.41) is 36.1. The van der Waals surface area contributed by atoms with Crippen LogP contribution in [0.25, 0.3) is 0 Å². The molecule has 42 heavy (non-hydrogen) atoms. The number of amides is 2. The highest BCUT2D eigenvalue weighted by Gasteiger charge is 2.11. The number of benzene rings is 2. The summed E-state index contributed by atoms with van der Waals surface area (Å²) in [6, 6.07) is 20.8. The Bertz CT molecular complexity index is 1420. The Morgan fingerprint density at radius 3 is 2.36 bits per heavy atom. The molecule has 0 spiro atoms. The fourth-order valence-electron chi connectivity index (χ4n) is 4.14. The second-order valence-corrected chi connectivity index (χ2v) is 10.6. The van der Waals surface area contributed by atoms with E-state index in [4.69, 9.17) is 4.74 Å². The molecule has 2 aromatic heterocycles. The number of rotatable bonds is 16. The summed E-state index contributed by atoms with van der Waals surface area (Å²) in [5.74, 6) is 0.133. The summed E-state index contributed by atoms with van der Waals surface area (Å²) < 4.78 is 5.06. The van der Waals surface area contributed by atoms with Crippen molar-refractivity contribution in [1.29, 1.82) is 0 Å². The molecule has 0 aliphatic heterocycles. The van der Waals surface area contributed by atoms with Gasteiger partial charge >= 0.3 is 0 Å². The van der Waals surface area contributed by atoms with Gasteiger partial charge in [-0.1, -0.05) is 65.9 Å². The molecule has 0 bridgehead atoms. The number of aryl methyl sites for hydroxylation is 2. The van der Waals surface area contributed by atoms with Gasteiger partial charge in [-0.15, -0.1) is 15.3 Å². The molecule has 220 valence electrons. The number of nitrogens with zero attached hydrogens (tertiary/aromatic N) is 4. The number of hydrogen-bond acceptors (Lipinski definition) is 10. The summed E-state index contributed by atoms with van der Waals surface area (Å²) in [5.41, 5.74) is 3.58. The van der Waals surface area contributed by atoms with Gasteiger partial charge in [0.2, 0.25) is 23.4 Å². The molecule has 1 atom stereocenters. The topological polar surface area (TPSA) is 151 Å². The summed E-state index contributed by atoms with van der Waals surface area (Å²) >= 11 is 1.37. The van der Waals surface area contributed by atoms with Gasteiger partial charge < -0.3 is 20.5 Å². The first-order valence-corrected chi connectivity index (χ1v) is 14.7. The van der Waals surface area contributed by atoms with Gasteiger partial charge in [0.15, 0.2) is 5.82 Å². The van der Waals surface area contributed by atoms with Crippen molar-refractivity contribution in [1.82, 2.24) is 25.7 Å². The van der Waals surface area contributed by atoms with E-state index in [0.717, 1.165) is 53.1 Å². The molecule has 4 aromatic rings. The molecule has 1 unspecified atom stereocenters. The average molecular weight is 590 g/mol. The van der Waals surface area contributed by atoms with Crippen LogP contribution in [0.3, 0.4) is 0 Å². The van der Waals surface area contributed by atoms with E-state index < -0.39 is 6.41 Å². The lowest BCUT2D eigenvalue weighted by Gasteiger charge is -2.12. The molecular weight excluding hydrogens is 554 g/mol. The molecule has 0 saturated carbocycles. The highest BCUT2D eigenvalue weighted by atomic mass is 32.1. The molecule has 0 aliphatic rings. The minimum atomic E-state index is -1.03. The molecule has 11 nitrogen and oxygen atoms in total. The van der Waals surface area contributed by atoms with Crippen molar-refractivity contribution in [3.8, 4) is 0 Å². The Morgan fingerprint density at radius 2 is 1.57 bits per heavy atom. The Labute approximate surface area is 248 Å². The number of aliphatic hydroxyl groups is 1. The SMILES string of the molecule is CCOC(O)NCc1cccc(CC(=O)Nc2nnc(CCCCc3ccc(NC(=O)Cc4ccccc4)nn3)s2)c1. The maximum Gasteiger partial charge on any atom is 0.230 e. The zero-order valence-electron chi connectivity index (χ0n) is 23.5. The second kappa shape index (κ2) is 16.4. The van der Waals surface area contributed by atoms with Crippen LogP contribution in [0.2, 0.25) is 0 Å². The van der Waals surface area contributed by atoms with E-state index in [1.54, 1.807) is 13.0 Å². The van der Waals surface area contributed by atoms with Gasteiger partial charge in [-0.05, 0) is 55.0 Å². The second-order valence-electron chi connectivity index (χ2n) is 9.56. The molecule has 2 aromatic carbocycles. The maximum atomic E-state index is 12.6. The van der Waals surface area contributed by atoms with E-state index in [9.17, 15) is 14.7 Å². The van der Waals surface area contributed by atoms with Gasteiger partial charge in [0.25, 0.3) is 0 Å². The van der Waals surface area contributed by atoms with E-state index in [1.165, 1.54) is 11.3 Å². The molecule has 0 aliphatic carbocycles. The minimum Gasteiger partial charge on any atom is -0.356 e. The Kier molecular flexibility index (Phi) is 12.0. The standard InChI is InChI=1S/C30H35N7O4S/c1-2-41-30(40)31-20-23-12-8-11-22(17-23)19-27(39)33-29-37-36-28(42-29)14-7-6-13-24-15-16-25(35-34-24)32-26(38)18-21-9-4-3-5-10-21/h3-5,8-12,15-17,30-31,40H,2,6-7,13-14,18-20H2,1H3,(H,32,35,38)(H,33,37,39). The van der Waals surface area contributed by atoms with Crippen LogP contribution in [0.15, 0.2) is 66.7 Å². The lowest BCUT2D eigenvalue weighted by Crippen LogP contribution is -2.30. The minimum absolute atomic E-state index is 0.131. The number of unbranched alkanes of at least 4 members (excludes halogenated alkanes) is 1. The predicted molar refractivity (Wildman–Crippen MR) is 161 cm³/mol. The predicted octanol–water partition coefficient (Wildman–Crippen LogP) is 3.66. The zero-order chi connectivity index (χ0) is 29.6. The summed E-state index contributed by atoms with van der Waals surface area (Å²) in [4.78, 5) is 24.8. The number of carbonyl (C=O) groups excluding carboxylic acids is 2. The van der Waals surface area contributed by atoms with Gasteiger partial charge in [-0.3, -0.25) is 14.9 Å². The first kappa shape index (κ1) is 30.8. The van der Waals surface area contributed by atoms with Crippen LogP contribution in [0.4, 0.5) is 10.9 Å². The van der Waals surface area contributed by atoms with Crippen molar-refractivity contribution >= 4 is 34.1 Å². The van der Waals surface area contributed by atoms with Crippen LogP contribution in [-0.4, -0.2) is 50.3 Å². The highest BCUT2D eigenvalue weighted by molar-refractivity contribution is 7.15. The van der Waals surface area contributed by atoms with Crippen molar-refractivity contribution in [2.45, 2.75) is 58.4 Å². The van der Waals surface area contributed by atoms with Crippen molar-refractivity contribution in [2.24, 2.45) is 0 Å². The van der Waals surface area contributed by atoms with Crippen molar-refractivity contribution in [3.63, 3.8) is 0 Å². The largest absolute Gasteiger partial charge is 0.356 e. The molecule has 0 fully saturated rings. The Balaban J connectivity index is 1.14. The van der Waals surface area contributed by atoms with Crippen molar-refractivity contribution in [2.75, 3.05) is 17.2 Å². The molecular formula is C30H35N7O4S. The van der Waals surface area contributed by atoms with Gasteiger partial charge in [-0.2, -0.15) is 5.10 Å². The monoisotopic (exact) mass is 589 g/mol. The van der Waals surface area contributed by atoms with E-state index in [-0.39, 0.29) is 24.7 Å². The fourth-order valence-corrected chi connectivity index (χ4v) is 4.93. The number of aromatic nitrogens is 4. The lowest BCUT2D eigenvalue weighted by molar-refractivity contribution is -0.117. The van der Waals surface area contributed by atoms with Crippen LogP contribution < -0.4 is 16.0 Å². The quantitative estimate of drug-likeness (QED) is 0.113. The first-order chi connectivity index (χ1) is 20.5. The first-order valence-electron chi connectivity index (χ1n) is 13.9. The van der Waals surface area contributed by atoms with E-state index in [2.05, 4.69) is 36.3 Å². The highest BCUT2D eigenvalue weighted by Crippen LogP contribution is 2.18. The molecule has 4 N–H and O–H groups in total. The van der Waals surface area contributed by atoms with Crippen LogP contribution in [0, 0.1) is 0 Å². The molecule has 2 amide bonds. The van der Waals surface area contributed by atoms with E-state index >= 15 is 0 Å². The van der Waals surface area contributed by atoms with Gasteiger partial charge in [0.1, 0.15) is 5.01 Å². The smallest absolute Gasteiger partial charge is 0.230 e. The van der Waals surface area contributed by atoms with Gasteiger partial charge in [0.05, 0.1) is 18.5 Å². The third kappa shape index (κ3) is 10.7. The van der Waals surface area contributed by atoms with Crippen molar-refractivity contribution < 1.29 is 19.4 Å². The lowest BCUT2D eigenvalue weighted by atomic mass is 10.1. The van der Waals surface area contributed by atoms with E-state index in [1.807, 2.05) is 60.7 Å². The third-order valence-electron chi connectivity index (χ3n) is 6.14. The molecule has 0 radical (unpaired) electrons. The van der Waals surface area contributed by atoms with Crippen molar-refractivity contribution in [3.05, 3.63) is 94.1 Å². The normalized spacial score (nSPS) is 11.7. The number of nitrogens with one attached hydrogen (secondary N) is 3. The molecule has 12 heteroatoms. The van der Waals surface area contributed by atoms with Crippen LogP contribution >= 0.6 is 11.3 Å². The summed E-state index contributed by atoms with van der Waals surface area (Å²) in [6.07, 6.45) is 2.74.